The molecule has 0 unspecified atom stereocenters. The average Bonchev–Trinajstić information content (AvgIpc) is 2.81. The summed E-state index contributed by atoms with van der Waals surface area (Å²) in [5.41, 5.74) is 1.12. The number of aliphatic carboxylic acids is 1. The van der Waals surface area contributed by atoms with Crippen LogP contribution in [0.25, 0.3) is 16.9 Å². The minimum absolute atomic E-state index is 0.00764. The van der Waals surface area contributed by atoms with Crippen molar-refractivity contribution in [2.45, 2.75) is 6.92 Å². The first kappa shape index (κ1) is 13.4. The van der Waals surface area contributed by atoms with Crippen molar-refractivity contribution >= 4 is 23.1 Å². The van der Waals surface area contributed by atoms with Crippen LogP contribution in [-0.4, -0.2) is 11.1 Å². The van der Waals surface area contributed by atoms with Gasteiger partial charge in [0.05, 0.1) is 5.02 Å². The number of carboxylic acid groups (broad SMARTS) is 1. The van der Waals surface area contributed by atoms with Gasteiger partial charge in [-0.25, -0.2) is 9.18 Å². The third-order valence-electron chi connectivity index (χ3n) is 2.54. The van der Waals surface area contributed by atoms with Crippen LogP contribution in [0.2, 0.25) is 5.02 Å². The van der Waals surface area contributed by atoms with Crippen LogP contribution in [0.5, 0.6) is 0 Å². The first-order valence-electron chi connectivity index (χ1n) is 5.44. The van der Waals surface area contributed by atoms with Crippen molar-refractivity contribution in [1.29, 1.82) is 0 Å². The minimum atomic E-state index is -1.04. The molecular formula is C14H10ClFO3. The number of allylic oxidation sites excluding steroid dienone is 1. The quantitative estimate of drug-likeness (QED) is 0.856. The van der Waals surface area contributed by atoms with Crippen LogP contribution in [0.4, 0.5) is 4.39 Å². The van der Waals surface area contributed by atoms with E-state index in [-0.39, 0.29) is 5.02 Å². The molecule has 0 aliphatic heterocycles. The Morgan fingerprint density at radius 1 is 1.37 bits per heavy atom. The van der Waals surface area contributed by atoms with Gasteiger partial charge in [0.1, 0.15) is 17.3 Å². The van der Waals surface area contributed by atoms with Gasteiger partial charge in [0.15, 0.2) is 0 Å². The number of carbonyl (C=O) groups is 1. The van der Waals surface area contributed by atoms with E-state index in [0.717, 1.165) is 6.08 Å². The average molecular weight is 281 g/mol. The summed E-state index contributed by atoms with van der Waals surface area (Å²) in [6.45, 7) is 1.63. The van der Waals surface area contributed by atoms with Gasteiger partial charge in [-0.2, -0.15) is 0 Å². The summed E-state index contributed by atoms with van der Waals surface area (Å²) < 4.78 is 18.6. The molecule has 0 aliphatic rings. The largest absolute Gasteiger partial charge is 0.478 e. The van der Waals surface area contributed by atoms with Crippen molar-refractivity contribution in [3.05, 3.63) is 53.0 Å². The second-order valence-corrected chi connectivity index (χ2v) is 4.37. The summed E-state index contributed by atoms with van der Waals surface area (Å²) in [6, 6.07) is 7.58. The van der Waals surface area contributed by atoms with E-state index in [0.29, 0.717) is 22.7 Å². The van der Waals surface area contributed by atoms with Crippen molar-refractivity contribution in [2.24, 2.45) is 0 Å². The van der Waals surface area contributed by atoms with Gasteiger partial charge in [-0.1, -0.05) is 11.6 Å². The lowest BCUT2D eigenvalue weighted by molar-refractivity contribution is -0.131. The van der Waals surface area contributed by atoms with Crippen LogP contribution in [0, 0.1) is 5.82 Å². The fraction of sp³-hybridized carbons (Fsp3) is 0.0714. The van der Waals surface area contributed by atoms with E-state index in [1.807, 2.05) is 0 Å². The molecule has 0 aliphatic carbocycles. The minimum Gasteiger partial charge on any atom is -0.478 e. The van der Waals surface area contributed by atoms with Crippen LogP contribution in [-0.2, 0) is 4.79 Å². The maximum atomic E-state index is 13.1. The van der Waals surface area contributed by atoms with Gasteiger partial charge in [0.25, 0.3) is 0 Å². The van der Waals surface area contributed by atoms with E-state index in [2.05, 4.69) is 0 Å². The van der Waals surface area contributed by atoms with E-state index in [4.69, 9.17) is 21.1 Å². The first-order chi connectivity index (χ1) is 8.97. The van der Waals surface area contributed by atoms with Crippen LogP contribution < -0.4 is 0 Å². The predicted octanol–water partition coefficient (Wildman–Crippen LogP) is 4.23. The number of halogens is 2. The molecule has 5 heteroatoms. The van der Waals surface area contributed by atoms with E-state index >= 15 is 0 Å². The zero-order chi connectivity index (χ0) is 14.0. The number of benzene rings is 1. The van der Waals surface area contributed by atoms with E-state index in [1.165, 1.54) is 12.1 Å². The molecule has 0 radical (unpaired) electrons. The Morgan fingerprint density at radius 2 is 2.11 bits per heavy atom. The van der Waals surface area contributed by atoms with Crippen molar-refractivity contribution in [1.82, 2.24) is 0 Å². The summed E-state index contributed by atoms with van der Waals surface area (Å²) in [6.07, 6.45) is 1.06. The van der Waals surface area contributed by atoms with Crippen LogP contribution in [0.3, 0.4) is 0 Å². The van der Waals surface area contributed by atoms with Crippen molar-refractivity contribution in [2.75, 3.05) is 0 Å². The normalized spacial score (nSPS) is 11.6. The van der Waals surface area contributed by atoms with Gasteiger partial charge in [-0.3, -0.25) is 0 Å². The summed E-state index contributed by atoms with van der Waals surface area (Å²) in [4.78, 5) is 10.6. The number of hydrogen-bond donors (Lipinski definition) is 1. The SMILES string of the molecule is C/C(=C\C(=O)O)c1ccc(-c2ccc(F)c(Cl)c2)o1. The lowest BCUT2D eigenvalue weighted by atomic mass is 10.2. The smallest absolute Gasteiger partial charge is 0.328 e. The molecule has 1 aromatic carbocycles. The predicted molar refractivity (Wildman–Crippen MR) is 70.4 cm³/mol. The maximum Gasteiger partial charge on any atom is 0.328 e. The molecule has 0 atom stereocenters. The van der Waals surface area contributed by atoms with Gasteiger partial charge < -0.3 is 9.52 Å². The molecule has 3 nitrogen and oxygen atoms in total. The Morgan fingerprint density at radius 3 is 2.74 bits per heavy atom. The van der Waals surface area contributed by atoms with Crippen LogP contribution >= 0.6 is 11.6 Å². The summed E-state index contributed by atoms with van der Waals surface area (Å²) in [5.74, 6) is -0.604. The second kappa shape index (κ2) is 5.28. The highest BCUT2D eigenvalue weighted by Gasteiger charge is 2.09. The van der Waals surface area contributed by atoms with Gasteiger partial charge in [0.2, 0.25) is 0 Å². The molecule has 2 rings (SSSR count). The van der Waals surface area contributed by atoms with E-state index in [9.17, 15) is 9.18 Å². The van der Waals surface area contributed by atoms with Crippen LogP contribution in [0.1, 0.15) is 12.7 Å². The summed E-state index contributed by atoms with van der Waals surface area (Å²) >= 11 is 5.70. The highest BCUT2D eigenvalue weighted by atomic mass is 35.5. The standard InChI is InChI=1S/C14H10ClFO3/c1-8(6-14(17)18)12-4-5-13(19-12)9-2-3-11(16)10(15)7-9/h2-7H,1H3,(H,17,18)/b8-6+. The Balaban J connectivity index is 2.35. The lowest BCUT2D eigenvalue weighted by Crippen LogP contribution is -1.88. The zero-order valence-corrected chi connectivity index (χ0v) is 10.7. The van der Waals surface area contributed by atoms with Gasteiger partial charge in [0, 0.05) is 11.6 Å². The molecule has 1 aromatic heterocycles. The Labute approximate surface area is 113 Å². The number of furan rings is 1. The van der Waals surface area contributed by atoms with Crippen molar-refractivity contribution in [3.63, 3.8) is 0 Å². The van der Waals surface area contributed by atoms with Gasteiger partial charge in [-0.05, 0) is 42.8 Å². The lowest BCUT2D eigenvalue weighted by Gasteiger charge is -1.99. The molecule has 1 N–H and O–H groups in total. The zero-order valence-electron chi connectivity index (χ0n) is 9.98. The van der Waals surface area contributed by atoms with Crippen LogP contribution in [0.15, 0.2) is 40.8 Å². The number of carboxylic acids is 1. The highest BCUT2D eigenvalue weighted by molar-refractivity contribution is 6.31. The molecule has 0 bridgehead atoms. The summed E-state index contributed by atoms with van der Waals surface area (Å²) in [5, 5.41) is 8.67. The molecule has 19 heavy (non-hydrogen) atoms. The Hall–Kier alpha value is -2.07. The van der Waals surface area contributed by atoms with Gasteiger partial charge >= 0.3 is 5.97 Å². The fourth-order valence-corrected chi connectivity index (χ4v) is 1.79. The number of rotatable bonds is 3. The van der Waals surface area contributed by atoms with Gasteiger partial charge in [-0.15, -0.1) is 0 Å². The Kier molecular flexibility index (Phi) is 3.71. The molecule has 2 aromatic rings. The molecule has 0 saturated carbocycles. The molecule has 0 saturated heterocycles. The summed E-state index contributed by atoms with van der Waals surface area (Å²) in [7, 11) is 0. The number of hydrogen-bond acceptors (Lipinski definition) is 2. The maximum absolute atomic E-state index is 13.1. The fourth-order valence-electron chi connectivity index (χ4n) is 1.61. The van der Waals surface area contributed by atoms with E-state index < -0.39 is 11.8 Å². The molecule has 0 spiro atoms. The van der Waals surface area contributed by atoms with Crippen molar-refractivity contribution in [3.8, 4) is 11.3 Å². The third-order valence-corrected chi connectivity index (χ3v) is 2.83. The molecule has 0 amide bonds. The highest BCUT2D eigenvalue weighted by Crippen LogP contribution is 2.28. The Bertz CT molecular complexity index is 658. The van der Waals surface area contributed by atoms with Crippen molar-refractivity contribution < 1.29 is 18.7 Å². The molecular weight excluding hydrogens is 271 g/mol. The molecule has 0 fully saturated rings. The second-order valence-electron chi connectivity index (χ2n) is 3.96. The first-order valence-corrected chi connectivity index (χ1v) is 5.82. The molecule has 1 heterocycles. The topological polar surface area (TPSA) is 50.4 Å². The third kappa shape index (κ3) is 3.03. The molecule has 98 valence electrons. The van der Waals surface area contributed by atoms with E-state index in [1.54, 1.807) is 25.1 Å². The monoisotopic (exact) mass is 280 g/mol.